The number of anilines is 1. The number of nitrogen functional groups attached to an aromatic ring is 1. The number of pyridine rings is 1. The molecule has 33 heavy (non-hydrogen) atoms. The maximum absolute atomic E-state index is 12.7. The normalized spacial score (nSPS) is 31.1. The molecule has 1 aromatic heterocycles. The van der Waals surface area contributed by atoms with Crippen LogP contribution in [0.15, 0.2) is 23.3 Å². The van der Waals surface area contributed by atoms with Crippen LogP contribution < -0.4 is 16.2 Å². The Hall–Kier alpha value is -2.33. The number of nitrogens with zero attached hydrogens (tertiary/aromatic N) is 3. The van der Waals surface area contributed by atoms with E-state index in [4.69, 9.17) is 21.2 Å². The zero-order valence-electron chi connectivity index (χ0n) is 19.2. The molecule has 1 aromatic rings. The molecular weight excluding hydrogens is 435 g/mol. The second-order valence-electron chi connectivity index (χ2n) is 9.56. The van der Waals surface area contributed by atoms with Crippen molar-refractivity contribution in [1.29, 1.82) is 0 Å². The number of rotatable bonds is 6. The predicted molar refractivity (Wildman–Crippen MR) is 121 cm³/mol. The first-order valence-corrected chi connectivity index (χ1v) is 11.4. The summed E-state index contributed by atoms with van der Waals surface area (Å²) < 4.78 is 47.6. The fourth-order valence-corrected chi connectivity index (χ4v) is 5.31. The number of morpholine rings is 1. The molecule has 0 spiro atoms. The smallest absolute Gasteiger partial charge is 0.402 e. The third kappa shape index (κ3) is 5.60. The van der Waals surface area contributed by atoms with Crippen molar-refractivity contribution in [1.82, 2.24) is 9.88 Å². The molecule has 1 aliphatic heterocycles. The van der Waals surface area contributed by atoms with E-state index < -0.39 is 12.1 Å². The summed E-state index contributed by atoms with van der Waals surface area (Å²) >= 11 is 0. The minimum absolute atomic E-state index is 0.0786. The summed E-state index contributed by atoms with van der Waals surface area (Å²) in [5, 5.41) is 0. The van der Waals surface area contributed by atoms with Gasteiger partial charge in [0.2, 0.25) is 0 Å². The molecule has 5 atom stereocenters. The maximum atomic E-state index is 12.7. The number of allylic oxidation sites excluding steroid dienone is 1. The molecule has 2 aliphatic carbocycles. The summed E-state index contributed by atoms with van der Waals surface area (Å²) in [6, 6.07) is 1.82. The Morgan fingerprint density at radius 2 is 2.03 bits per heavy atom. The SMILES string of the molecule is CC(C)N=C(C=C(N)c1cnc(N)c(OC(F)(F)F)c1)C1[C@H]2CC(N3CCO[C@@H](C)C3)C[C@@H]12. The highest BCUT2D eigenvalue weighted by Gasteiger charge is 2.58. The number of aromatic nitrogens is 1. The maximum Gasteiger partial charge on any atom is 0.573 e. The van der Waals surface area contributed by atoms with Crippen molar-refractivity contribution in [3.05, 3.63) is 23.9 Å². The van der Waals surface area contributed by atoms with Gasteiger partial charge in [0.05, 0.1) is 12.7 Å². The number of ether oxygens (including phenoxy) is 2. The molecule has 182 valence electrons. The zero-order valence-corrected chi connectivity index (χ0v) is 19.2. The van der Waals surface area contributed by atoms with E-state index >= 15 is 0 Å². The van der Waals surface area contributed by atoms with Gasteiger partial charge in [0.25, 0.3) is 0 Å². The van der Waals surface area contributed by atoms with E-state index in [9.17, 15) is 13.2 Å². The Kier molecular flexibility index (Phi) is 6.59. The van der Waals surface area contributed by atoms with Crippen LogP contribution in [-0.2, 0) is 4.74 Å². The molecule has 0 amide bonds. The average molecular weight is 468 g/mol. The minimum atomic E-state index is -4.86. The van der Waals surface area contributed by atoms with E-state index in [-0.39, 0.29) is 23.7 Å². The molecule has 0 bridgehead atoms. The predicted octanol–water partition coefficient (Wildman–Crippen LogP) is 3.46. The lowest BCUT2D eigenvalue weighted by Gasteiger charge is -2.36. The molecule has 1 saturated heterocycles. The molecule has 7 nitrogen and oxygen atoms in total. The minimum Gasteiger partial charge on any atom is -0.402 e. The highest BCUT2D eigenvalue weighted by atomic mass is 19.4. The summed E-state index contributed by atoms with van der Waals surface area (Å²) in [7, 11) is 0. The van der Waals surface area contributed by atoms with E-state index in [0.29, 0.717) is 29.4 Å². The Morgan fingerprint density at radius 1 is 1.33 bits per heavy atom. The highest BCUT2D eigenvalue weighted by Crippen LogP contribution is 2.59. The lowest BCUT2D eigenvalue weighted by atomic mass is 10.00. The summed E-state index contributed by atoms with van der Waals surface area (Å²) in [5.74, 6) is 0.532. The van der Waals surface area contributed by atoms with Crippen molar-refractivity contribution >= 4 is 17.2 Å². The van der Waals surface area contributed by atoms with Gasteiger partial charge in [0.15, 0.2) is 11.6 Å². The van der Waals surface area contributed by atoms with Gasteiger partial charge in [-0.05, 0) is 57.6 Å². The molecule has 2 saturated carbocycles. The van der Waals surface area contributed by atoms with Crippen molar-refractivity contribution in [3.8, 4) is 5.75 Å². The Bertz CT molecular complexity index is 921. The topological polar surface area (TPSA) is 99.0 Å². The van der Waals surface area contributed by atoms with Gasteiger partial charge >= 0.3 is 6.36 Å². The fraction of sp³-hybridized carbons (Fsp3) is 0.652. The molecular formula is C23H32F3N5O2. The van der Waals surface area contributed by atoms with E-state index in [0.717, 1.165) is 44.3 Å². The first kappa shape index (κ1) is 23.8. The van der Waals surface area contributed by atoms with Gasteiger partial charge in [-0.1, -0.05) is 0 Å². The van der Waals surface area contributed by atoms with Gasteiger partial charge in [-0.25, -0.2) is 4.98 Å². The third-order valence-corrected chi connectivity index (χ3v) is 6.70. The van der Waals surface area contributed by atoms with Crippen LogP contribution in [0, 0.1) is 17.8 Å². The molecule has 3 aliphatic rings. The second-order valence-corrected chi connectivity index (χ2v) is 9.56. The Morgan fingerprint density at radius 3 is 2.64 bits per heavy atom. The van der Waals surface area contributed by atoms with Gasteiger partial charge < -0.3 is 20.9 Å². The largest absolute Gasteiger partial charge is 0.573 e. The molecule has 2 unspecified atom stereocenters. The summed E-state index contributed by atoms with van der Waals surface area (Å²) in [4.78, 5) is 11.2. The molecule has 10 heteroatoms. The quantitative estimate of drug-likeness (QED) is 0.622. The van der Waals surface area contributed by atoms with Crippen LogP contribution in [0.2, 0.25) is 0 Å². The summed E-state index contributed by atoms with van der Waals surface area (Å²) in [5.41, 5.74) is 13.3. The molecule has 4 rings (SSSR count). The summed E-state index contributed by atoms with van der Waals surface area (Å²) in [6.07, 6.45) is 0.782. The van der Waals surface area contributed by atoms with E-state index in [1.807, 2.05) is 13.8 Å². The fourth-order valence-electron chi connectivity index (χ4n) is 5.31. The van der Waals surface area contributed by atoms with Crippen molar-refractivity contribution in [2.75, 3.05) is 25.4 Å². The van der Waals surface area contributed by atoms with E-state index in [1.54, 1.807) is 6.08 Å². The molecule has 0 aromatic carbocycles. The molecule has 0 radical (unpaired) electrons. The standard InChI is InChI=1S/C23H32F3N5O2/c1-12(2)30-19(9-18(27)14-6-20(22(28)29-10-14)33-23(24,25)26)21-16-7-15(8-17(16)21)31-4-5-32-13(3)11-31/h6,9-10,12-13,15-17,21H,4-5,7-8,11,27H2,1-3H3,(H2,28,29)/t13-,15?,16-,17+,21?/m0/s1. The average Bonchev–Trinajstić information content (AvgIpc) is 3.20. The van der Waals surface area contributed by atoms with Crippen LogP contribution >= 0.6 is 0 Å². The van der Waals surface area contributed by atoms with Gasteiger partial charge in [-0.2, -0.15) is 0 Å². The van der Waals surface area contributed by atoms with E-state index in [1.165, 1.54) is 6.20 Å². The highest BCUT2D eigenvalue weighted by molar-refractivity contribution is 6.04. The molecule has 4 N–H and O–H groups in total. The van der Waals surface area contributed by atoms with Crippen molar-refractivity contribution in [3.63, 3.8) is 0 Å². The van der Waals surface area contributed by atoms with Crippen LogP contribution in [0.1, 0.15) is 39.2 Å². The van der Waals surface area contributed by atoms with Gasteiger partial charge in [-0.15, -0.1) is 13.2 Å². The van der Waals surface area contributed by atoms with Crippen LogP contribution in [-0.4, -0.2) is 59.8 Å². The van der Waals surface area contributed by atoms with Crippen molar-refractivity contribution in [2.45, 2.75) is 58.2 Å². The van der Waals surface area contributed by atoms with Gasteiger partial charge in [0.1, 0.15) is 0 Å². The number of hydrogen-bond acceptors (Lipinski definition) is 7. The first-order valence-electron chi connectivity index (χ1n) is 11.4. The van der Waals surface area contributed by atoms with E-state index in [2.05, 4.69) is 21.5 Å². The number of halogens is 3. The summed E-state index contributed by atoms with van der Waals surface area (Å²) in [6.45, 7) is 8.85. The number of fused-ring (bicyclic) bond motifs is 1. The van der Waals surface area contributed by atoms with Crippen molar-refractivity contribution < 1.29 is 22.6 Å². The zero-order chi connectivity index (χ0) is 23.9. The van der Waals surface area contributed by atoms with Gasteiger partial charge in [0, 0.05) is 54.3 Å². The van der Waals surface area contributed by atoms with Crippen LogP contribution in [0.4, 0.5) is 19.0 Å². The third-order valence-electron chi connectivity index (χ3n) is 6.70. The second kappa shape index (κ2) is 9.13. The van der Waals surface area contributed by atoms with Crippen LogP contribution in [0.25, 0.3) is 5.70 Å². The number of aliphatic imine (C=N–C) groups is 1. The lowest BCUT2D eigenvalue weighted by molar-refractivity contribution is -0.274. The number of hydrogen-bond donors (Lipinski definition) is 2. The van der Waals surface area contributed by atoms with Crippen LogP contribution in [0.5, 0.6) is 5.75 Å². The van der Waals surface area contributed by atoms with Crippen molar-refractivity contribution in [2.24, 2.45) is 28.5 Å². The van der Waals surface area contributed by atoms with Crippen LogP contribution in [0.3, 0.4) is 0 Å². The molecule has 3 fully saturated rings. The number of nitrogens with two attached hydrogens (primary N) is 2. The lowest BCUT2D eigenvalue weighted by Crippen LogP contribution is -2.46. The Labute approximate surface area is 192 Å². The molecule has 2 heterocycles. The Balaban J connectivity index is 1.48. The van der Waals surface area contributed by atoms with Gasteiger partial charge in [-0.3, -0.25) is 9.89 Å². The monoisotopic (exact) mass is 467 g/mol. The number of alkyl halides is 3. The first-order chi connectivity index (χ1) is 15.5.